The van der Waals surface area contributed by atoms with Crippen molar-refractivity contribution in [2.45, 2.75) is 38.3 Å². The molecule has 2 rings (SSSR count). The third kappa shape index (κ3) is 2.62. The van der Waals surface area contributed by atoms with E-state index in [1.165, 1.54) is 25.7 Å². The maximum Gasteiger partial charge on any atom is 0.122 e. The second-order valence-electron chi connectivity index (χ2n) is 4.72. The second kappa shape index (κ2) is 5.46. The van der Waals surface area contributed by atoms with Crippen LogP contribution in [-0.4, -0.2) is 22.1 Å². The molecule has 1 aromatic rings. The van der Waals surface area contributed by atoms with E-state index in [0.717, 1.165) is 18.9 Å². The molecule has 0 amide bonds. The molecule has 1 aliphatic rings. The number of nitrogens with two attached hydrogens (primary N) is 1. The van der Waals surface area contributed by atoms with Crippen LogP contribution in [0.4, 0.5) is 0 Å². The highest BCUT2D eigenvalue weighted by Crippen LogP contribution is 2.23. The Morgan fingerprint density at radius 3 is 3.00 bits per heavy atom. The lowest BCUT2D eigenvalue weighted by Gasteiger charge is -2.31. The average molecular weight is 222 g/mol. The summed E-state index contributed by atoms with van der Waals surface area (Å²) in [7, 11) is 2.03. The van der Waals surface area contributed by atoms with Gasteiger partial charge in [0.1, 0.15) is 5.82 Å². The summed E-state index contributed by atoms with van der Waals surface area (Å²) in [6, 6.07) is 0.579. The molecular weight excluding hydrogens is 200 g/mol. The lowest BCUT2D eigenvalue weighted by atomic mass is 9.84. The van der Waals surface area contributed by atoms with E-state index in [0.29, 0.717) is 12.0 Å². The van der Waals surface area contributed by atoms with Gasteiger partial charge < -0.3 is 15.6 Å². The molecule has 1 saturated carbocycles. The molecule has 0 aliphatic heterocycles. The number of nitrogens with zero attached hydrogens (tertiary/aromatic N) is 2. The van der Waals surface area contributed by atoms with Crippen LogP contribution in [0.5, 0.6) is 0 Å². The normalized spacial score (nSPS) is 25.9. The molecule has 3 N–H and O–H groups in total. The Morgan fingerprint density at radius 1 is 1.50 bits per heavy atom. The Bertz CT molecular complexity index is 321. The molecule has 1 heterocycles. The van der Waals surface area contributed by atoms with E-state index in [1.54, 1.807) is 0 Å². The van der Waals surface area contributed by atoms with Gasteiger partial charge in [-0.25, -0.2) is 4.98 Å². The highest BCUT2D eigenvalue weighted by molar-refractivity contribution is 4.92. The van der Waals surface area contributed by atoms with Crippen molar-refractivity contribution in [3.05, 3.63) is 18.2 Å². The number of hydrogen-bond acceptors (Lipinski definition) is 3. The highest BCUT2D eigenvalue weighted by Gasteiger charge is 2.23. The van der Waals surface area contributed by atoms with Crippen molar-refractivity contribution in [1.29, 1.82) is 0 Å². The molecule has 4 nitrogen and oxygen atoms in total. The molecule has 1 aromatic heterocycles. The van der Waals surface area contributed by atoms with Gasteiger partial charge in [0.25, 0.3) is 0 Å². The summed E-state index contributed by atoms with van der Waals surface area (Å²) >= 11 is 0. The Morgan fingerprint density at radius 2 is 2.31 bits per heavy atom. The van der Waals surface area contributed by atoms with E-state index in [-0.39, 0.29) is 0 Å². The van der Waals surface area contributed by atoms with Crippen LogP contribution >= 0.6 is 0 Å². The van der Waals surface area contributed by atoms with Crippen molar-refractivity contribution in [3.63, 3.8) is 0 Å². The topological polar surface area (TPSA) is 55.9 Å². The van der Waals surface area contributed by atoms with Crippen LogP contribution in [0, 0.1) is 5.92 Å². The van der Waals surface area contributed by atoms with Gasteiger partial charge in [0.15, 0.2) is 0 Å². The molecule has 0 spiro atoms. The van der Waals surface area contributed by atoms with Gasteiger partial charge in [-0.3, -0.25) is 0 Å². The first kappa shape index (κ1) is 11.6. The number of aryl methyl sites for hydroxylation is 1. The van der Waals surface area contributed by atoms with Crippen molar-refractivity contribution >= 4 is 0 Å². The van der Waals surface area contributed by atoms with E-state index in [9.17, 15) is 0 Å². The number of aromatic nitrogens is 2. The Labute approximate surface area is 97.2 Å². The van der Waals surface area contributed by atoms with Crippen molar-refractivity contribution in [1.82, 2.24) is 14.9 Å². The van der Waals surface area contributed by atoms with E-state index in [4.69, 9.17) is 5.73 Å². The standard InChI is InChI=1S/C12H22N4/c1-16-7-6-14-12(16)9-15-11-5-3-2-4-10(11)8-13/h6-7,10-11,15H,2-5,8-9,13H2,1H3. The molecule has 0 saturated heterocycles. The lowest BCUT2D eigenvalue weighted by Crippen LogP contribution is -2.41. The van der Waals surface area contributed by atoms with Crippen LogP contribution in [0.3, 0.4) is 0 Å². The third-order valence-corrected chi connectivity index (χ3v) is 3.66. The van der Waals surface area contributed by atoms with Gasteiger partial charge >= 0.3 is 0 Å². The molecule has 2 unspecified atom stereocenters. The first-order chi connectivity index (χ1) is 7.81. The minimum absolute atomic E-state index is 0.579. The van der Waals surface area contributed by atoms with Crippen LogP contribution in [-0.2, 0) is 13.6 Å². The lowest BCUT2D eigenvalue weighted by molar-refractivity contribution is 0.265. The molecule has 1 fully saturated rings. The maximum absolute atomic E-state index is 5.81. The second-order valence-corrected chi connectivity index (χ2v) is 4.72. The first-order valence-electron chi connectivity index (χ1n) is 6.21. The molecule has 90 valence electrons. The van der Waals surface area contributed by atoms with Gasteiger partial charge in [-0.05, 0) is 25.3 Å². The summed E-state index contributed by atoms with van der Waals surface area (Å²) < 4.78 is 2.06. The minimum Gasteiger partial charge on any atom is -0.337 e. The largest absolute Gasteiger partial charge is 0.337 e. The summed E-state index contributed by atoms with van der Waals surface area (Å²) in [6.45, 7) is 1.66. The monoisotopic (exact) mass is 222 g/mol. The average Bonchev–Trinajstić information content (AvgIpc) is 2.72. The third-order valence-electron chi connectivity index (χ3n) is 3.66. The van der Waals surface area contributed by atoms with E-state index >= 15 is 0 Å². The van der Waals surface area contributed by atoms with Gasteiger partial charge in [-0.15, -0.1) is 0 Å². The van der Waals surface area contributed by atoms with E-state index in [1.807, 2.05) is 19.4 Å². The first-order valence-corrected chi connectivity index (χ1v) is 6.21. The fourth-order valence-corrected chi connectivity index (χ4v) is 2.55. The van der Waals surface area contributed by atoms with Crippen molar-refractivity contribution in [2.75, 3.05) is 6.54 Å². The summed E-state index contributed by atoms with van der Waals surface area (Å²) in [5.41, 5.74) is 5.81. The zero-order chi connectivity index (χ0) is 11.4. The van der Waals surface area contributed by atoms with E-state index in [2.05, 4.69) is 14.9 Å². The molecule has 0 radical (unpaired) electrons. The summed E-state index contributed by atoms with van der Waals surface area (Å²) in [4.78, 5) is 4.32. The molecule has 0 bridgehead atoms. The fraction of sp³-hybridized carbons (Fsp3) is 0.750. The van der Waals surface area contributed by atoms with Gasteiger partial charge in [-0.2, -0.15) is 0 Å². The summed E-state index contributed by atoms with van der Waals surface area (Å²) in [5, 5.41) is 3.60. The molecular formula is C12H22N4. The number of rotatable bonds is 4. The smallest absolute Gasteiger partial charge is 0.122 e. The van der Waals surface area contributed by atoms with E-state index < -0.39 is 0 Å². The Balaban J connectivity index is 1.86. The minimum atomic E-state index is 0.579. The van der Waals surface area contributed by atoms with Crippen LogP contribution in [0.2, 0.25) is 0 Å². The van der Waals surface area contributed by atoms with Crippen molar-refractivity contribution < 1.29 is 0 Å². The molecule has 0 aromatic carbocycles. The van der Waals surface area contributed by atoms with Crippen molar-refractivity contribution in [2.24, 2.45) is 18.7 Å². The van der Waals surface area contributed by atoms with Gasteiger partial charge in [-0.1, -0.05) is 12.8 Å². The van der Waals surface area contributed by atoms with Gasteiger partial charge in [0, 0.05) is 25.5 Å². The van der Waals surface area contributed by atoms with Gasteiger partial charge in [0.05, 0.1) is 6.54 Å². The SMILES string of the molecule is Cn1ccnc1CNC1CCCCC1CN. The number of hydrogen-bond donors (Lipinski definition) is 2. The zero-order valence-corrected chi connectivity index (χ0v) is 10.0. The number of imidazole rings is 1. The quantitative estimate of drug-likeness (QED) is 0.800. The molecule has 4 heteroatoms. The zero-order valence-electron chi connectivity index (χ0n) is 10.0. The maximum atomic E-state index is 5.81. The fourth-order valence-electron chi connectivity index (χ4n) is 2.55. The molecule has 1 aliphatic carbocycles. The van der Waals surface area contributed by atoms with Crippen LogP contribution < -0.4 is 11.1 Å². The predicted octanol–water partition coefficient (Wildman–Crippen LogP) is 1.03. The summed E-state index contributed by atoms with van der Waals surface area (Å²) in [5.74, 6) is 1.75. The predicted molar refractivity (Wildman–Crippen MR) is 64.8 cm³/mol. The molecule has 2 atom stereocenters. The van der Waals surface area contributed by atoms with Crippen LogP contribution in [0.15, 0.2) is 12.4 Å². The van der Waals surface area contributed by atoms with Crippen LogP contribution in [0.25, 0.3) is 0 Å². The highest BCUT2D eigenvalue weighted by atomic mass is 15.1. The number of nitrogens with one attached hydrogen (secondary N) is 1. The van der Waals surface area contributed by atoms with Crippen molar-refractivity contribution in [3.8, 4) is 0 Å². The van der Waals surface area contributed by atoms with Gasteiger partial charge in [0.2, 0.25) is 0 Å². The molecule has 16 heavy (non-hydrogen) atoms. The Kier molecular flexibility index (Phi) is 3.96. The Hall–Kier alpha value is -0.870. The summed E-state index contributed by atoms with van der Waals surface area (Å²) in [6.07, 6.45) is 9.02. The van der Waals surface area contributed by atoms with Crippen LogP contribution in [0.1, 0.15) is 31.5 Å².